The van der Waals surface area contributed by atoms with Crippen molar-refractivity contribution >= 4 is 15.7 Å². The predicted molar refractivity (Wildman–Crippen MR) is 76.5 cm³/mol. The lowest BCUT2D eigenvalue weighted by Gasteiger charge is -2.20. The van der Waals surface area contributed by atoms with Crippen molar-refractivity contribution in [3.8, 4) is 5.75 Å². The second-order valence-corrected chi connectivity index (χ2v) is 7.08. The van der Waals surface area contributed by atoms with E-state index in [1.807, 2.05) is 6.92 Å². The summed E-state index contributed by atoms with van der Waals surface area (Å²) in [6, 6.07) is 2.84. The van der Waals surface area contributed by atoms with Gasteiger partial charge in [0.25, 0.3) is 0 Å². The van der Waals surface area contributed by atoms with E-state index in [1.54, 1.807) is 0 Å². The zero-order valence-corrected chi connectivity index (χ0v) is 12.5. The number of aromatic hydroxyl groups is 1. The molecule has 7 nitrogen and oxygen atoms in total. The zero-order chi connectivity index (χ0) is 15.6. The molecule has 0 radical (unpaired) electrons. The molecule has 0 aliphatic heterocycles. The number of nitrogens with zero attached hydrogens (tertiary/aromatic N) is 1. The largest absolute Gasteiger partial charge is 0.502 e. The molecule has 2 N–H and O–H groups in total. The van der Waals surface area contributed by atoms with E-state index in [0.717, 1.165) is 43.9 Å². The van der Waals surface area contributed by atoms with Crippen LogP contribution >= 0.6 is 0 Å². The highest BCUT2D eigenvalue weighted by Gasteiger charge is 2.27. The molecule has 116 valence electrons. The molecule has 21 heavy (non-hydrogen) atoms. The van der Waals surface area contributed by atoms with Gasteiger partial charge in [-0.15, -0.1) is 0 Å². The number of nitrogens with one attached hydrogen (secondary N) is 1. The molecule has 0 amide bonds. The normalized spacial score (nSPS) is 17.8. The number of hydrogen-bond acceptors (Lipinski definition) is 5. The van der Waals surface area contributed by atoms with Gasteiger partial charge in [-0.2, -0.15) is 0 Å². The van der Waals surface area contributed by atoms with Crippen molar-refractivity contribution in [2.75, 3.05) is 0 Å². The molecule has 2 rings (SSSR count). The summed E-state index contributed by atoms with van der Waals surface area (Å²) in [5, 5.41) is 20.1. The minimum absolute atomic E-state index is 0.211. The van der Waals surface area contributed by atoms with Gasteiger partial charge in [-0.1, -0.05) is 12.8 Å². The highest BCUT2D eigenvalue weighted by molar-refractivity contribution is 7.89. The molecular formula is C13H18N2O5S. The summed E-state index contributed by atoms with van der Waals surface area (Å²) >= 11 is 0. The average molecular weight is 314 g/mol. The smallest absolute Gasteiger partial charge is 0.312 e. The Hall–Kier alpha value is -1.67. The first-order chi connectivity index (χ1) is 9.81. The van der Waals surface area contributed by atoms with Crippen molar-refractivity contribution in [2.24, 2.45) is 5.92 Å². The standard InChI is InChI=1S/C13H18N2O5S/c1-9(10-4-2-3-5-10)14-21(19,20)11-6-7-13(16)12(8-11)15(17)18/h6-10,14,16H,2-5H2,1H3. The predicted octanol–water partition coefficient (Wildman–Crippen LogP) is 2.16. The molecule has 1 aliphatic rings. The van der Waals surface area contributed by atoms with Gasteiger partial charge in [0.1, 0.15) is 0 Å². The number of sulfonamides is 1. The number of hydrogen-bond donors (Lipinski definition) is 2. The quantitative estimate of drug-likeness (QED) is 0.639. The number of phenols is 1. The molecule has 1 aliphatic carbocycles. The van der Waals surface area contributed by atoms with Crippen molar-refractivity contribution in [1.29, 1.82) is 0 Å². The van der Waals surface area contributed by atoms with Gasteiger partial charge in [-0.05, 0) is 37.8 Å². The van der Waals surface area contributed by atoms with Crippen molar-refractivity contribution in [3.05, 3.63) is 28.3 Å². The first-order valence-electron chi connectivity index (χ1n) is 6.81. The molecule has 1 fully saturated rings. The molecule has 0 bridgehead atoms. The van der Waals surface area contributed by atoms with Crippen molar-refractivity contribution < 1.29 is 18.4 Å². The zero-order valence-electron chi connectivity index (χ0n) is 11.7. The van der Waals surface area contributed by atoms with Crippen LogP contribution in [0.3, 0.4) is 0 Å². The molecule has 0 saturated heterocycles. The lowest BCUT2D eigenvalue weighted by Crippen LogP contribution is -2.37. The van der Waals surface area contributed by atoms with Crippen LogP contribution in [0, 0.1) is 16.0 Å². The van der Waals surface area contributed by atoms with Crippen LogP contribution in [0.2, 0.25) is 0 Å². The van der Waals surface area contributed by atoms with Gasteiger partial charge >= 0.3 is 5.69 Å². The van der Waals surface area contributed by atoms with Gasteiger partial charge in [0.15, 0.2) is 5.75 Å². The van der Waals surface area contributed by atoms with Gasteiger partial charge in [-0.25, -0.2) is 13.1 Å². The minimum Gasteiger partial charge on any atom is -0.502 e. The highest BCUT2D eigenvalue weighted by Crippen LogP contribution is 2.30. The Morgan fingerprint density at radius 1 is 1.38 bits per heavy atom. The summed E-state index contributed by atoms with van der Waals surface area (Å²) in [5.41, 5.74) is -0.619. The van der Waals surface area contributed by atoms with Gasteiger partial charge in [0.05, 0.1) is 9.82 Å². The molecule has 0 heterocycles. The van der Waals surface area contributed by atoms with E-state index in [2.05, 4.69) is 4.72 Å². The minimum atomic E-state index is -3.84. The van der Waals surface area contributed by atoms with Gasteiger partial charge < -0.3 is 5.11 Å². The number of nitro groups is 1. The third kappa shape index (κ3) is 3.51. The fourth-order valence-corrected chi connectivity index (χ4v) is 4.01. The lowest BCUT2D eigenvalue weighted by molar-refractivity contribution is -0.386. The maximum Gasteiger partial charge on any atom is 0.312 e. The second-order valence-electron chi connectivity index (χ2n) is 5.36. The van der Waals surface area contributed by atoms with Gasteiger partial charge in [-0.3, -0.25) is 10.1 Å². The summed E-state index contributed by atoms with van der Waals surface area (Å²) in [4.78, 5) is 9.74. The van der Waals surface area contributed by atoms with Crippen LogP contribution in [-0.4, -0.2) is 24.5 Å². The van der Waals surface area contributed by atoms with Gasteiger partial charge in [0.2, 0.25) is 10.0 Å². The Labute approximate surface area is 123 Å². The van der Waals surface area contributed by atoms with Crippen LogP contribution in [0.25, 0.3) is 0 Å². The molecule has 1 atom stereocenters. The topological polar surface area (TPSA) is 110 Å². The monoisotopic (exact) mass is 314 g/mol. The number of rotatable bonds is 5. The summed E-state index contributed by atoms with van der Waals surface area (Å²) in [6.07, 6.45) is 4.17. The fourth-order valence-electron chi connectivity index (χ4n) is 2.68. The van der Waals surface area contributed by atoms with Crippen molar-refractivity contribution in [1.82, 2.24) is 4.72 Å². The number of nitro benzene ring substituents is 1. The third-order valence-corrected chi connectivity index (χ3v) is 5.46. The van der Waals surface area contributed by atoms with Gasteiger partial charge in [0, 0.05) is 12.1 Å². The maximum absolute atomic E-state index is 12.3. The van der Waals surface area contributed by atoms with E-state index in [4.69, 9.17) is 0 Å². The van der Waals surface area contributed by atoms with Crippen molar-refractivity contribution in [2.45, 2.75) is 43.5 Å². The number of phenolic OH excluding ortho intramolecular Hbond substituents is 1. The van der Waals surface area contributed by atoms with Crippen LogP contribution in [-0.2, 0) is 10.0 Å². The molecule has 1 saturated carbocycles. The number of benzene rings is 1. The first-order valence-corrected chi connectivity index (χ1v) is 8.29. The van der Waals surface area contributed by atoms with Crippen LogP contribution in [0.15, 0.2) is 23.1 Å². The maximum atomic E-state index is 12.3. The molecule has 0 spiro atoms. The molecular weight excluding hydrogens is 296 g/mol. The van der Waals surface area contributed by atoms with E-state index >= 15 is 0 Å². The molecule has 1 aromatic rings. The van der Waals surface area contributed by atoms with E-state index in [0.29, 0.717) is 5.92 Å². The summed E-state index contributed by atoms with van der Waals surface area (Å²) in [5.74, 6) is -0.255. The van der Waals surface area contributed by atoms with Crippen LogP contribution < -0.4 is 4.72 Å². The van der Waals surface area contributed by atoms with E-state index in [1.165, 1.54) is 0 Å². The van der Waals surface area contributed by atoms with E-state index in [9.17, 15) is 23.6 Å². The molecule has 0 aromatic heterocycles. The van der Waals surface area contributed by atoms with Crippen LogP contribution in [0.4, 0.5) is 5.69 Å². The van der Waals surface area contributed by atoms with Crippen LogP contribution in [0.5, 0.6) is 5.75 Å². The third-order valence-electron chi connectivity index (χ3n) is 3.90. The molecule has 1 unspecified atom stereocenters. The van der Waals surface area contributed by atoms with Crippen LogP contribution in [0.1, 0.15) is 32.6 Å². The summed E-state index contributed by atoms with van der Waals surface area (Å²) in [7, 11) is -3.84. The Balaban J connectivity index is 2.23. The van der Waals surface area contributed by atoms with Crippen molar-refractivity contribution in [3.63, 3.8) is 0 Å². The molecule has 8 heteroatoms. The second kappa shape index (κ2) is 5.98. The Kier molecular flexibility index (Phi) is 4.48. The Morgan fingerprint density at radius 2 is 2.00 bits per heavy atom. The SMILES string of the molecule is CC(NS(=O)(=O)c1ccc(O)c([N+](=O)[O-])c1)C1CCCC1. The average Bonchev–Trinajstić information content (AvgIpc) is 2.92. The lowest BCUT2D eigenvalue weighted by atomic mass is 10.0. The summed E-state index contributed by atoms with van der Waals surface area (Å²) < 4.78 is 27.1. The Bertz CT molecular complexity index is 638. The highest BCUT2D eigenvalue weighted by atomic mass is 32.2. The Morgan fingerprint density at radius 3 is 2.57 bits per heavy atom. The fraction of sp³-hybridized carbons (Fsp3) is 0.538. The first kappa shape index (κ1) is 15.7. The van der Waals surface area contributed by atoms with E-state index < -0.39 is 26.4 Å². The molecule has 1 aromatic carbocycles. The van der Waals surface area contributed by atoms with E-state index in [-0.39, 0.29) is 10.9 Å². The summed E-state index contributed by atoms with van der Waals surface area (Å²) in [6.45, 7) is 1.81.